The fraction of sp³-hybridized carbons (Fsp3) is 0.556. The summed E-state index contributed by atoms with van der Waals surface area (Å²) in [6, 6.07) is 1.85. The topological polar surface area (TPSA) is 47.0 Å². The first-order valence-electron chi connectivity index (χ1n) is 4.44. The van der Waals surface area contributed by atoms with Crippen LogP contribution in [0.1, 0.15) is 12.7 Å². The van der Waals surface area contributed by atoms with Crippen molar-refractivity contribution < 1.29 is 4.74 Å². The standard InChI is InChI=1S/C9H15N3O/c1-3-13-7-6-11-9-4-5-10-8(2)12-9/h4-5H,3,6-7H2,1-2H3,(H,10,11,12). The maximum atomic E-state index is 5.18. The Kier molecular flexibility index (Phi) is 4.18. The van der Waals surface area contributed by atoms with Crippen molar-refractivity contribution >= 4 is 5.82 Å². The molecule has 1 N–H and O–H groups in total. The Morgan fingerprint density at radius 2 is 2.38 bits per heavy atom. The quantitative estimate of drug-likeness (QED) is 0.694. The van der Waals surface area contributed by atoms with E-state index in [1.807, 2.05) is 19.9 Å². The van der Waals surface area contributed by atoms with Crippen LogP contribution in [0.2, 0.25) is 0 Å². The second-order valence-electron chi connectivity index (χ2n) is 2.61. The molecule has 1 heterocycles. The Hall–Kier alpha value is -1.16. The van der Waals surface area contributed by atoms with Gasteiger partial charge in [-0.3, -0.25) is 0 Å². The lowest BCUT2D eigenvalue weighted by atomic mass is 10.5. The Balaban J connectivity index is 2.28. The van der Waals surface area contributed by atoms with Crippen LogP contribution in [0.3, 0.4) is 0 Å². The van der Waals surface area contributed by atoms with Gasteiger partial charge in [0.05, 0.1) is 6.61 Å². The van der Waals surface area contributed by atoms with E-state index >= 15 is 0 Å². The normalized spacial score (nSPS) is 10.0. The Morgan fingerprint density at radius 1 is 1.54 bits per heavy atom. The van der Waals surface area contributed by atoms with Crippen molar-refractivity contribution in [1.29, 1.82) is 0 Å². The van der Waals surface area contributed by atoms with E-state index in [1.165, 1.54) is 0 Å². The Bertz CT molecular complexity index is 252. The summed E-state index contributed by atoms with van der Waals surface area (Å²) in [5.41, 5.74) is 0. The summed E-state index contributed by atoms with van der Waals surface area (Å²) >= 11 is 0. The molecule has 4 heteroatoms. The molecule has 0 atom stereocenters. The van der Waals surface area contributed by atoms with Crippen LogP contribution in [0.25, 0.3) is 0 Å². The highest BCUT2D eigenvalue weighted by Crippen LogP contribution is 1.99. The van der Waals surface area contributed by atoms with Crippen LogP contribution in [-0.2, 0) is 4.74 Å². The van der Waals surface area contributed by atoms with Gasteiger partial charge in [-0.05, 0) is 19.9 Å². The second-order valence-corrected chi connectivity index (χ2v) is 2.61. The molecule has 0 bridgehead atoms. The molecule has 1 rings (SSSR count). The first-order chi connectivity index (χ1) is 6.33. The smallest absolute Gasteiger partial charge is 0.129 e. The molecule has 1 aromatic rings. The third-order valence-electron chi connectivity index (χ3n) is 1.53. The van der Waals surface area contributed by atoms with E-state index in [2.05, 4.69) is 15.3 Å². The summed E-state index contributed by atoms with van der Waals surface area (Å²) in [6.45, 7) is 6.09. The van der Waals surface area contributed by atoms with E-state index < -0.39 is 0 Å². The Morgan fingerprint density at radius 3 is 3.08 bits per heavy atom. The van der Waals surface area contributed by atoms with E-state index in [9.17, 15) is 0 Å². The average molecular weight is 181 g/mol. The molecule has 0 aliphatic heterocycles. The van der Waals surface area contributed by atoms with Gasteiger partial charge in [0, 0.05) is 19.3 Å². The number of nitrogens with one attached hydrogen (secondary N) is 1. The van der Waals surface area contributed by atoms with Gasteiger partial charge in [-0.15, -0.1) is 0 Å². The van der Waals surface area contributed by atoms with Crippen LogP contribution in [0, 0.1) is 6.92 Å². The molecule has 0 unspecified atom stereocenters. The van der Waals surface area contributed by atoms with Gasteiger partial charge in [-0.25, -0.2) is 9.97 Å². The van der Waals surface area contributed by atoms with Gasteiger partial charge in [0.1, 0.15) is 11.6 Å². The lowest BCUT2D eigenvalue weighted by molar-refractivity contribution is 0.158. The number of hydrogen-bond donors (Lipinski definition) is 1. The molecule has 0 aliphatic carbocycles. The summed E-state index contributed by atoms with van der Waals surface area (Å²) in [5, 5.41) is 3.14. The van der Waals surface area contributed by atoms with Gasteiger partial charge in [0.15, 0.2) is 0 Å². The zero-order valence-electron chi connectivity index (χ0n) is 8.08. The third-order valence-corrected chi connectivity index (χ3v) is 1.53. The van der Waals surface area contributed by atoms with Gasteiger partial charge >= 0.3 is 0 Å². The lowest BCUT2D eigenvalue weighted by Gasteiger charge is -2.05. The molecule has 0 spiro atoms. The number of rotatable bonds is 5. The predicted octanol–water partition coefficient (Wildman–Crippen LogP) is 1.23. The van der Waals surface area contributed by atoms with Crippen molar-refractivity contribution in [2.45, 2.75) is 13.8 Å². The number of nitrogens with zero attached hydrogens (tertiary/aromatic N) is 2. The molecule has 0 saturated heterocycles. The summed E-state index contributed by atoms with van der Waals surface area (Å²) in [4.78, 5) is 8.19. The average Bonchev–Trinajstić information content (AvgIpc) is 2.13. The molecule has 0 amide bonds. The molecule has 0 fully saturated rings. The number of ether oxygens (including phenoxy) is 1. The fourth-order valence-corrected chi connectivity index (χ4v) is 0.950. The van der Waals surface area contributed by atoms with Crippen LogP contribution < -0.4 is 5.32 Å². The predicted molar refractivity (Wildman–Crippen MR) is 51.8 cm³/mol. The zero-order valence-corrected chi connectivity index (χ0v) is 8.08. The first-order valence-corrected chi connectivity index (χ1v) is 4.44. The zero-order chi connectivity index (χ0) is 9.52. The molecular weight excluding hydrogens is 166 g/mol. The van der Waals surface area contributed by atoms with E-state index in [0.29, 0.717) is 6.61 Å². The first kappa shape index (κ1) is 9.92. The summed E-state index contributed by atoms with van der Waals surface area (Å²) in [5.74, 6) is 1.63. The molecule has 1 aromatic heterocycles. The number of hydrogen-bond acceptors (Lipinski definition) is 4. The van der Waals surface area contributed by atoms with Crippen molar-refractivity contribution in [3.8, 4) is 0 Å². The minimum absolute atomic E-state index is 0.708. The maximum Gasteiger partial charge on any atom is 0.129 e. The van der Waals surface area contributed by atoms with Crippen LogP contribution >= 0.6 is 0 Å². The minimum Gasteiger partial charge on any atom is -0.380 e. The molecule has 0 aromatic carbocycles. The van der Waals surface area contributed by atoms with E-state index in [1.54, 1.807) is 6.20 Å². The highest BCUT2D eigenvalue weighted by Gasteiger charge is 1.93. The molecular formula is C9H15N3O. The van der Waals surface area contributed by atoms with E-state index in [-0.39, 0.29) is 0 Å². The van der Waals surface area contributed by atoms with Crippen molar-refractivity contribution in [2.75, 3.05) is 25.1 Å². The third kappa shape index (κ3) is 3.85. The summed E-state index contributed by atoms with van der Waals surface area (Å²) in [6.07, 6.45) is 1.74. The monoisotopic (exact) mass is 181 g/mol. The molecule has 0 radical (unpaired) electrons. The number of aryl methyl sites for hydroxylation is 1. The van der Waals surface area contributed by atoms with Crippen LogP contribution in [0.5, 0.6) is 0 Å². The maximum absolute atomic E-state index is 5.18. The van der Waals surface area contributed by atoms with E-state index in [4.69, 9.17) is 4.74 Å². The highest BCUT2D eigenvalue weighted by molar-refractivity contribution is 5.32. The largest absolute Gasteiger partial charge is 0.380 e. The van der Waals surface area contributed by atoms with Crippen LogP contribution in [0.4, 0.5) is 5.82 Å². The van der Waals surface area contributed by atoms with Crippen molar-refractivity contribution in [3.05, 3.63) is 18.1 Å². The van der Waals surface area contributed by atoms with Gasteiger partial charge in [0.2, 0.25) is 0 Å². The van der Waals surface area contributed by atoms with Crippen molar-refractivity contribution in [2.24, 2.45) is 0 Å². The number of aromatic nitrogens is 2. The van der Waals surface area contributed by atoms with Gasteiger partial charge in [-0.1, -0.05) is 0 Å². The van der Waals surface area contributed by atoms with Gasteiger partial charge in [0.25, 0.3) is 0 Å². The summed E-state index contributed by atoms with van der Waals surface area (Å²) in [7, 11) is 0. The summed E-state index contributed by atoms with van der Waals surface area (Å²) < 4.78 is 5.18. The van der Waals surface area contributed by atoms with Crippen molar-refractivity contribution in [1.82, 2.24) is 9.97 Å². The second kappa shape index (κ2) is 5.48. The van der Waals surface area contributed by atoms with Crippen molar-refractivity contribution in [3.63, 3.8) is 0 Å². The highest BCUT2D eigenvalue weighted by atomic mass is 16.5. The van der Waals surface area contributed by atoms with Gasteiger partial charge < -0.3 is 10.1 Å². The van der Waals surface area contributed by atoms with Crippen LogP contribution in [0.15, 0.2) is 12.3 Å². The fourth-order valence-electron chi connectivity index (χ4n) is 0.950. The number of anilines is 1. The SMILES string of the molecule is CCOCCNc1ccnc(C)n1. The molecule has 0 aliphatic rings. The molecule has 4 nitrogen and oxygen atoms in total. The van der Waals surface area contributed by atoms with Gasteiger partial charge in [-0.2, -0.15) is 0 Å². The minimum atomic E-state index is 0.708. The van der Waals surface area contributed by atoms with E-state index in [0.717, 1.165) is 24.8 Å². The lowest BCUT2D eigenvalue weighted by Crippen LogP contribution is -2.10. The van der Waals surface area contributed by atoms with Crippen LogP contribution in [-0.4, -0.2) is 29.7 Å². The Labute approximate surface area is 78.4 Å². The molecule has 72 valence electrons. The molecule has 13 heavy (non-hydrogen) atoms. The molecule has 0 saturated carbocycles.